The summed E-state index contributed by atoms with van der Waals surface area (Å²) in [4.78, 5) is -0.986. The lowest BCUT2D eigenvalue weighted by Crippen LogP contribution is -2.04. The minimum absolute atomic E-state index is 0.415. The zero-order chi connectivity index (χ0) is 10.2. The summed E-state index contributed by atoms with van der Waals surface area (Å²) in [6, 6.07) is 1.77. The first-order valence-corrected chi connectivity index (χ1v) is 5.44. The molecule has 0 heterocycles. The standard InChI is InChI=1S/C7H5ClF2O2S/c1-13(11,12)7-5(9)3-2-4(8)6(7)10/h2-3H,1H3. The number of hydrogen-bond acceptors (Lipinski definition) is 2. The van der Waals surface area contributed by atoms with Crippen LogP contribution in [0.25, 0.3) is 0 Å². The van der Waals surface area contributed by atoms with Gasteiger partial charge in [-0.05, 0) is 12.1 Å². The third kappa shape index (κ3) is 1.97. The van der Waals surface area contributed by atoms with Crippen LogP contribution in [0.4, 0.5) is 8.78 Å². The van der Waals surface area contributed by atoms with Crippen LogP contribution in [0.2, 0.25) is 5.02 Å². The molecule has 2 nitrogen and oxygen atoms in total. The second kappa shape index (κ2) is 3.23. The second-order valence-corrected chi connectivity index (χ2v) is 4.80. The summed E-state index contributed by atoms with van der Waals surface area (Å²) in [5.41, 5.74) is 0. The van der Waals surface area contributed by atoms with E-state index in [1.807, 2.05) is 0 Å². The van der Waals surface area contributed by atoms with Crippen molar-refractivity contribution in [1.82, 2.24) is 0 Å². The van der Waals surface area contributed by atoms with E-state index in [0.29, 0.717) is 6.26 Å². The average Bonchev–Trinajstić information content (AvgIpc) is 1.95. The molecule has 0 spiro atoms. The van der Waals surface area contributed by atoms with E-state index in [1.54, 1.807) is 0 Å². The molecular formula is C7H5ClF2O2S. The Hall–Kier alpha value is -0.680. The van der Waals surface area contributed by atoms with Gasteiger partial charge < -0.3 is 0 Å². The molecule has 0 unspecified atom stereocenters. The zero-order valence-electron chi connectivity index (χ0n) is 6.51. The Balaban J connectivity index is 3.62. The summed E-state index contributed by atoms with van der Waals surface area (Å²) in [7, 11) is -3.92. The van der Waals surface area contributed by atoms with E-state index >= 15 is 0 Å². The van der Waals surface area contributed by atoms with Crippen LogP contribution in [0.1, 0.15) is 0 Å². The summed E-state index contributed by atoms with van der Waals surface area (Å²) >= 11 is 5.29. The van der Waals surface area contributed by atoms with Crippen LogP contribution in [0.3, 0.4) is 0 Å². The van der Waals surface area contributed by atoms with Crippen LogP contribution >= 0.6 is 11.6 Å². The van der Waals surface area contributed by atoms with Gasteiger partial charge in [-0.3, -0.25) is 0 Å². The van der Waals surface area contributed by atoms with E-state index in [0.717, 1.165) is 12.1 Å². The molecule has 13 heavy (non-hydrogen) atoms. The molecule has 0 aliphatic rings. The SMILES string of the molecule is CS(=O)(=O)c1c(F)ccc(Cl)c1F. The maximum Gasteiger partial charge on any atom is 0.181 e. The highest BCUT2D eigenvalue weighted by Gasteiger charge is 2.21. The molecule has 0 atom stereocenters. The highest BCUT2D eigenvalue weighted by molar-refractivity contribution is 7.90. The van der Waals surface area contributed by atoms with Gasteiger partial charge in [0, 0.05) is 6.26 Å². The van der Waals surface area contributed by atoms with Crippen LogP contribution in [-0.2, 0) is 9.84 Å². The summed E-state index contributed by atoms with van der Waals surface area (Å²) in [6.07, 6.45) is 0.713. The molecule has 0 bridgehead atoms. The second-order valence-electron chi connectivity index (χ2n) is 2.44. The zero-order valence-corrected chi connectivity index (χ0v) is 8.09. The van der Waals surface area contributed by atoms with Gasteiger partial charge in [0.1, 0.15) is 10.7 Å². The van der Waals surface area contributed by atoms with Crippen molar-refractivity contribution in [2.24, 2.45) is 0 Å². The predicted molar refractivity (Wildman–Crippen MR) is 44.5 cm³/mol. The number of sulfone groups is 1. The molecular weight excluding hydrogens is 222 g/mol. The Bertz CT molecular complexity index is 442. The average molecular weight is 227 g/mol. The van der Waals surface area contributed by atoms with Crippen molar-refractivity contribution in [3.05, 3.63) is 28.8 Å². The van der Waals surface area contributed by atoms with Crippen molar-refractivity contribution in [2.75, 3.05) is 6.26 Å². The molecule has 72 valence electrons. The van der Waals surface area contributed by atoms with E-state index in [-0.39, 0.29) is 0 Å². The molecule has 0 N–H and O–H groups in total. The smallest absolute Gasteiger partial charge is 0.181 e. The molecule has 6 heteroatoms. The fourth-order valence-electron chi connectivity index (χ4n) is 0.848. The molecule has 1 aromatic carbocycles. The van der Waals surface area contributed by atoms with E-state index < -0.39 is 31.4 Å². The Morgan fingerprint density at radius 3 is 2.23 bits per heavy atom. The highest BCUT2D eigenvalue weighted by Crippen LogP contribution is 2.24. The molecule has 0 aliphatic heterocycles. The number of rotatable bonds is 1. The van der Waals surface area contributed by atoms with E-state index in [4.69, 9.17) is 11.6 Å². The van der Waals surface area contributed by atoms with Gasteiger partial charge in [-0.2, -0.15) is 0 Å². The molecule has 0 aromatic heterocycles. The van der Waals surface area contributed by atoms with Crippen LogP contribution < -0.4 is 0 Å². The minimum atomic E-state index is -3.92. The van der Waals surface area contributed by atoms with Gasteiger partial charge in [0.2, 0.25) is 0 Å². The first kappa shape index (κ1) is 10.4. The third-order valence-electron chi connectivity index (χ3n) is 1.37. The van der Waals surface area contributed by atoms with E-state index in [1.165, 1.54) is 0 Å². The number of halogens is 3. The minimum Gasteiger partial charge on any atom is -0.224 e. The molecule has 0 amide bonds. The van der Waals surface area contributed by atoms with Crippen molar-refractivity contribution in [1.29, 1.82) is 0 Å². The molecule has 1 aromatic rings. The van der Waals surface area contributed by atoms with Crippen molar-refractivity contribution in [3.63, 3.8) is 0 Å². The first-order chi connectivity index (χ1) is 5.84. The normalized spacial score (nSPS) is 11.7. The third-order valence-corrected chi connectivity index (χ3v) is 2.78. The van der Waals surface area contributed by atoms with E-state index in [9.17, 15) is 17.2 Å². The van der Waals surface area contributed by atoms with Crippen LogP contribution in [0, 0.1) is 11.6 Å². The van der Waals surface area contributed by atoms with E-state index in [2.05, 4.69) is 0 Å². The molecule has 0 saturated heterocycles. The Morgan fingerprint density at radius 2 is 1.85 bits per heavy atom. The maximum atomic E-state index is 13.0. The van der Waals surface area contributed by atoms with Crippen LogP contribution in [0.15, 0.2) is 17.0 Å². The Labute approximate surface area is 79.1 Å². The van der Waals surface area contributed by atoms with Gasteiger partial charge >= 0.3 is 0 Å². The number of hydrogen-bond donors (Lipinski definition) is 0. The lowest BCUT2D eigenvalue weighted by molar-refractivity contribution is 0.521. The fraction of sp³-hybridized carbons (Fsp3) is 0.143. The lowest BCUT2D eigenvalue weighted by Gasteiger charge is -2.02. The van der Waals surface area contributed by atoms with Crippen molar-refractivity contribution < 1.29 is 17.2 Å². The summed E-state index contributed by atoms with van der Waals surface area (Å²) < 4.78 is 47.6. The van der Waals surface area contributed by atoms with Gasteiger partial charge in [0.15, 0.2) is 15.7 Å². The summed E-state index contributed by atoms with van der Waals surface area (Å²) in [6.45, 7) is 0. The van der Waals surface area contributed by atoms with Crippen molar-refractivity contribution in [2.45, 2.75) is 4.90 Å². The molecule has 0 radical (unpaired) electrons. The van der Waals surface area contributed by atoms with Crippen LogP contribution in [0.5, 0.6) is 0 Å². The van der Waals surface area contributed by atoms with Crippen molar-refractivity contribution in [3.8, 4) is 0 Å². The quantitative estimate of drug-likeness (QED) is 0.687. The Morgan fingerprint density at radius 1 is 1.31 bits per heavy atom. The number of benzene rings is 1. The predicted octanol–water partition coefficient (Wildman–Crippen LogP) is 2.02. The monoisotopic (exact) mass is 226 g/mol. The highest BCUT2D eigenvalue weighted by atomic mass is 35.5. The molecule has 0 saturated carbocycles. The van der Waals surface area contributed by atoms with Crippen LogP contribution in [-0.4, -0.2) is 14.7 Å². The molecule has 1 rings (SSSR count). The van der Waals surface area contributed by atoms with Gasteiger partial charge in [-0.15, -0.1) is 0 Å². The van der Waals surface area contributed by atoms with Gasteiger partial charge in [0.25, 0.3) is 0 Å². The summed E-state index contributed by atoms with van der Waals surface area (Å²) in [5, 5.41) is -0.415. The molecule has 0 fully saturated rings. The lowest BCUT2D eigenvalue weighted by atomic mass is 10.3. The fourth-order valence-corrected chi connectivity index (χ4v) is 1.92. The Kier molecular flexibility index (Phi) is 2.58. The summed E-state index contributed by atoms with van der Waals surface area (Å²) in [5.74, 6) is -2.38. The largest absolute Gasteiger partial charge is 0.224 e. The first-order valence-electron chi connectivity index (χ1n) is 3.17. The van der Waals surface area contributed by atoms with Gasteiger partial charge in [-0.1, -0.05) is 11.6 Å². The molecule has 0 aliphatic carbocycles. The van der Waals surface area contributed by atoms with Gasteiger partial charge in [-0.25, -0.2) is 17.2 Å². The topological polar surface area (TPSA) is 34.1 Å². The van der Waals surface area contributed by atoms with Gasteiger partial charge in [0.05, 0.1) is 5.02 Å². The van der Waals surface area contributed by atoms with Crippen molar-refractivity contribution >= 4 is 21.4 Å². The maximum absolute atomic E-state index is 13.0.